The molecule has 58 valence electrons. The van der Waals surface area contributed by atoms with Gasteiger partial charge in [-0.3, -0.25) is 0 Å². The Hall–Kier alpha value is -0.660. The monoisotopic (exact) mass is 144 g/mol. The van der Waals surface area contributed by atoms with Crippen molar-refractivity contribution in [2.45, 2.75) is 20.0 Å². The van der Waals surface area contributed by atoms with Crippen LogP contribution in [0.3, 0.4) is 0 Å². The minimum absolute atomic E-state index is 0.528. The molecule has 0 aliphatic carbocycles. The van der Waals surface area contributed by atoms with E-state index in [1.54, 1.807) is 0 Å². The largest absolute Gasteiger partial charge is 0.567 e. The van der Waals surface area contributed by atoms with Crippen molar-refractivity contribution in [1.82, 2.24) is 0 Å². The van der Waals surface area contributed by atoms with Gasteiger partial charge in [0.2, 0.25) is 0 Å². The highest BCUT2D eigenvalue weighted by Gasteiger charge is 2.27. The van der Waals surface area contributed by atoms with Crippen molar-refractivity contribution in [1.29, 1.82) is 0 Å². The molecule has 10 heavy (non-hydrogen) atoms. The van der Waals surface area contributed by atoms with Crippen LogP contribution in [0.5, 0.6) is 0 Å². The van der Waals surface area contributed by atoms with Crippen molar-refractivity contribution in [2.24, 2.45) is 0 Å². The lowest BCUT2D eigenvalue weighted by Gasteiger charge is -2.31. The summed E-state index contributed by atoms with van der Waals surface area (Å²) in [7, 11) is 4.07. The van der Waals surface area contributed by atoms with Gasteiger partial charge >= 0.3 is 12.0 Å². The van der Waals surface area contributed by atoms with Crippen LogP contribution in [-0.2, 0) is 8.73 Å². The van der Waals surface area contributed by atoms with Gasteiger partial charge in [-0.2, -0.15) is 0 Å². The van der Waals surface area contributed by atoms with Crippen LogP contribution >= 0.6 is 0 Å². The predicted molar refractivity (Wildman–Crippen MR) is 42.1 cm³/mol. The Balaban J connectivity index is 2.71. The normalized spacial score (nSPS) is 26.8. The molecule has 0 aromatic heterocycles. The maximum absolute atomic E-state index is 3.05. The van der Waals surface area contributed by atoms with Gasteiger partial charge in [0, 0.05) is 6.92 Å². The van der Waals surface area contributed by atoms with Crippen molar-refractivity contribution in [3.05, 3.63) is 12.0 Å². The van der Waals surface area contributed by atoms with Gasteiger partial charge < -0.3 is 8.73 Å². The third-order valence-electron chi connectivity index (χ3n) is 1.98. The Morgan fingerprint density at radius 1 is 1.50 bits per heavy atom. The van der Waals surface area contributed by atoms with E-state index in [-0.39, 0.29) is 0 Å². The molecule has 0 saturated carbocycles. The van der Waals surface area contributed by atoms with E-state index in [2.05, 4.69) is 28.8 Å². The van der Waals surface area contributed by atoms with Crippen LogP contribution in [0.1, 0.15) is 13.8 Å². The molecule has 0 saturated heterocycles. The highest BCUT2D eigenvalue weighted by atomic mass is 16.7. The number of hydrogen-bond donors (Lipinski definition) is 0. The van der Waals surface area contributed by atoms with E-state index in [0.29, 0.717) is 6.10 Å². The zero-order chi connectivity index (χ0) is 7.72. The average Bonchev–Trinajstić information content (AvgIpc) is 1.82. The summed E-state index contributed by atoms with van der Waals surface area (Å²) in [6.45, 7) is 5.28. The van der Waals surface area contributed by atoms with Crippen LogP contribution in [0, 0.1) is 0 Å². The molecule has 0 aromatic carbocycles. The van der Waals surface area contributed by atoms with Crippen molar-refractivity contribution in [3.8, 4) is 0 Å². The minimum atomic E-state index is 0.528. The smallest absolute Gasteiger partial charge is 0.316 e. The lowest BCUT2D eigenvalue weighted by atomic mass is 10.4. The molecule has 0 amide bonds. The van der Waals surface area contributed by atoms with Crippen LogP contribution in [0.4, 0.5) is 0 Å². The molecule has 2 nitrogen and oxygen atoms in total. The van der Waals surface area contributed by atoms with E-state index in [0.717, 1.165) is 6.61 Å². The second-order valence-electron chi connectivity index (χ2n) is 2.95. The Morgan fingerprint density at radius 2 is 2.10 bits per heavy atom. The van der Waals surface area contributed by atoms with Crippen LogP contribution in [0.25, 0.3) is 0 Å². The molecule has 0 aromatic rings. The fourth-order valence-electron chi connectivity index (χ4n) is 1.20. The van der Waals surface area contributed by atoms with E-state index >= 15 is 0 Å². The zero-order valence-electron chi connectivity index (χ0n) is 7.18. The van der Waals surface area contributed by atoms with Gasteiger partial charge in [-0.05, 0) is 0 Å². The number of rotatable bonds is 0. The molecule has 1 aliphatic rings. The predicted octanol–water partition coefficient (Wildman–Crippen LogP) is 1.61. The molecule has 1 aliphatic heterocycles. The molecular formula is C8H16O2+2. The highest BCUT2D eigenvalue weighted by molar-refractivity contribution is 4.90. The highest BCUT2D eigenvalue weighted by Crippen LogP contribution is 2.20. The van der Waals surface area contributed by atoms with E-state index < -0.39 is 0 Å². The van der Waals surface area contributed by atoms with Crippen LogP contribution in [0.15, 0.2) is 12.0 Å². The van der Waals surface area contributed by atoms with Gasteiger partial charge in [-0.25, -0.2) is 0 Å². The number of allylic oxidation sites excluding steroid dienone is 1. The molecule has 1 unspecified atom stereocenters. The van der Waals surface area contributed by atoms with Gasteiger partial charge in [0.05, 0.1) is 6.92 Å². The summed E-state index contributed by atoms with van der Waals surface area (Å²) in [6.07, 6.45) is 2.59. The second-order valence-corrected chi connectivity index (χ2v) is 2.95. The topological polar surface area (TPSA) is 5.40 Å². The van der Waals surface area contributed by atoms with E-state index in [4.69, 9.17) is 0 Å². The second kappa shape index (κ2) is 2.52. The SMILES string of the molecule is CC1=C[O+](C)CC(C)[O+]1C. The van der Waals surface area contributed by atoms with Crippen LogP contribution in [-0.4, -0.2) is 26.9 Å². The molecule has 0 fully saturated rings. The lowest BCUT2D eigenvalue weighted by molar-refractivity contribution is -0.191. The van der Waals surface area contributed by atoms with Crippen LogP contribution in [0.2, 0.25) is 0 Å². The van der Waals surface area contributed by atoms with Gasteiger partial charge in [0.25, 0.3) is 12.7 Å². The standard InChI is InChI=1S/C8H16O2/c1-7-5-9(3)6-8(2)10(7)4/h5,8H,6H2,1-4H3/q+2. The lowest BCUT2D eigenvalue weighted by Crippen LogP contribution is -2.32. The number of hydrogen-bond acceptors (Lipinski definition) is 0. The van der Waals surface area contributed by atoms with Gasteiger partial charge in [-0.1, -0.05) is 0 Å². The van der Waals surface area contributed by atoms with Crippen molar-refractivity contribution >= 4 is 0 Å². The quantitative estimate of drug-likeness (QED) is 0.455. The van der Waals surface area contributed by atoms with Crippen molar-refractivity contribution in [2.75, 3.05) is 20.8 Å². The summed E-state index contributed by atoms with van der Waals surface area (Å²) in [5, 5.41) is 0. The Labute approximate surface area is 62.5 Å². The summed E-state index contributed by atoms with van der Waals surface area (Å²) in [5.74, 6) is 1.23. The molecule has 1 rings (SSSR count). The first-order valence-electron chi connectivity index (χ1n) is 3.55. The fraction of sp³-hybridized carbons (Fsp3) is 0.750. The third-order valence-corrected chi connectivity index (χ3v) is 1.98. The maximum atomic E-state index is 3.05. The third kappa shape index (κ3) is 1.25. The van der Waals surface area contributed by atoms with E-state index in [9.17, 15) is 0 Å². The average molecular weight is 144 g/mol. The van der Waals surface area contributed by atoms with Crippen molar-refractivity contribution < 1.29 is 8.73 Å². The van der Waals surface area contributed by atoms with Gasteiger partial charge in [0.1, 0.15) is 0 Å². The molecule has 0 N–H and O–H groups in total. The molecule has 1 atom stereocenters. The first kappa shape index (κ1) is 7.45. The maximum Gasteiger partial charge on any atom is 0.316 e. The fourth-order valence-corrected chi connectivity index (χ4v) is 1.20. The molecule has 1 heterocycles. The molecular weight excluding hydrogens is 128 g/mol. The molecule has 2 heteroatoms. The molecule has 0 radical (unpaired) electrons. The molecule has 0 spiro atoms. The van der Waals surface area contributed by atoms with Gasteiger partial charge in [0.15, 0.2) is 14.2 Å². The summed E-state index contributed by atoms with van der Waals surface area (Å²) < 4.78 is 6.00. The van der Waals surface area contributed by atoms with Crippen molar-refractivity contribution in [3.63, 3.8) is 0 Å². The first-order valence-corrected chi connectivity index (χ1v) is 3.55. The Morgan fingerprint density at radius 3 is 2.60 bits per heavy atom. The Kier molecular flexibility index (Phi) is 1.88. The van der Waals surface area contributed by atoms with E-state index in [1.807, 2.05) is 14.2 Å². The minimum Gasteiger partial charge on any atom is -0.567 e. The van der Waals surface area contributed by atoms with Crippen LogP contribution < -0.4 is 0 Å². The summed E-state index contributed by atoms with van der Waals surface area (Å²) in [4.78, 5) is 0. The molecule has 0 bridgehead atoms. The first-order chi connectivity index (χ1) is 4.61. The summed E-state index contributed by atoms with van der Waals surface area (Å²) in [5.41, 5.74) is 0. The van der Waals surface area contributed by atoms with Gasteiger partial charge in [-0.15, -0.1) is 0 Å². The Bertz CT molecular complexity index is 151. The summed E-state index contributed by atoms with van der Waals surface area (Å²) >= 11 is 0. The zero-order valence-corrected chi connectivity index (χ0v) is 7.18. The van der Waals surface area contributed by atoms with E-state index in [1.165, 1.54) is 5.76 Å². The summed E-state index contributed by atoms with van der Waals surface area (Å²) in [6, 6.07) is 0.